The molecule has 6 nitrogen and oxygen atoms in total. The number of methoxy groups -OCH3 is 1. The number of rotatable bonds is 9. The molecule has 0 bridgehead atoms. The van der Waals surface area contributed by atoms with E-state index in [2.05, 4.69) is 17.0 Å². The highest BCUT2D eigenvalue weighted by molar-refractivity contribution is 7.22. The molecule has 31 heavy (non-hydrogen) atoms. The fourth-order valence-electron chi connectivity index (χ4n) is 3.77. The molecule has 1 aliphatic heterocycles. The predicted molar refractivity (Wildman–Crippen MR) is 125 cm³/mol. The SMILES string of the molecule is COc1ccc2sc(N(CCCN3CCOCC3)C(=O)CCc3ccccc3)nc2c1. The predicted octanol–water partition coefficient (Wildman–Crippen LogP) is 3.99. The van der Waals surface area contributed by atoms with Gasteiger partial charge in [0.15, 0.2) is 5.13 Å². The van der Waals surface area contributed by atoms with Crippen LogP contribution in [0.4, 0.5) is 5.13 Å². The van der Waals surface area contributed by atoms with Gasteiger partial charge in [-0.15, -0.1) is 0 Å². The van der Waals surface area contributed by atoms with Crippen LogP contribution in [-0.4, -0.2) is 62.3 Å². The number of carbonyl (C=O) groups is 1. The van der Waals surface area contributed by atoms with E-state index in [1.54, 1.807) is 18.4 Å². The second kappa shape index (κ2) is 10.7. The highest BCUT2D eigenvalue weighted by Gasteiger charge is 2.20. The second-order valence-corrected chi connectivity index (χ2v) is 8.68. The Balaban J connectivity index is 1.47. The van der Waals surface area contributed by atoms with E-state index in [-0.39, 0.29) is 5.91 Å². The maximum Gasteiger partial charge on any atom is 0.229 e. The maximum absolute atomic E-state index is 13.2. The summed E-state index contributed by atoms with van der Waals surface area (Å²) in [5.74, 6) is 0.899. The number of aryl methyl sites for hydroxylation is 1. The van der Waals surface area contributed by atoms with Crippen molar-refractivity contribution in [2.24, 2.45) is 0 Å². The Morgan fingerprint density at radius 1 is 1.19 bits per heavy atom. The minimum absolute atomic E-state index is 0.122. The van der Waals surface area contributed by atoms with Crippen molar-refractivity contribution in [1.29, 1.82) is 0 Å². The number of ether oxygens (including phenoxy) is 2. The molecule has 0 radical (unpaired) electrons. The lowest BCUT2D eigenvalue weighted by molar-refractivity contribution is -0.118. The lowest BCUT2D eigenvalue weighted by atomic mass is 10.1. The molecule has 1 fully saturated rings. The van der Waals surface area contributed by atoms with E-state index in [1.807, 2.05) is 41.3 Å². The Morgan fingerprint density at radius 2 is 2.00 bits per heavy atom. The zero-order valence-electron chi connectivity index (χ0n) is 18.0. The van der Waals surface area contributed by atoms with Crippen molar-refractivity contribution in [3.63, 3.8) is 0 Å². The first-order chi connectivity index (χ1) is 15.2. The van der Waals surface area contributed by atoms with Gasteiger partial charge in [-0.1, -0.05) is 41.7 Å². The van der Waals surface area contributed by atoms with E-state index < -0.39 is 0 Å². The average molecular weight is 440 g/mol. The number of hydrogen-bond donors (Lipinski definition) is 0. The van der Waals surface area contributed by atoms with E-state index >= 15 is 0 Å². The Kier molecular flexibility index (Phi) is 7.51. The molecule has 2 heterocycles. The topological polar surface area (TPSA) is 54.9 Å². The van der Waals surface area contributed by atoms with Gasteiger partial charge in [0.25, 0.3) is 0 Å². The third-order valence-electron chi connectivity index (χ3n) is 5.55. The van der Waals surface area contributed by atoms with Gasteiger partial charge < -0.3 is 9.47 Å². The van der Waals surface area contributed by atoms with Crippen LogP contribution in [0.25, 0.3) is 10.2 Å². The fraction of sp³-hybridized carbons (Fsp3) is 0.417. The van der Waals surface area contributed by atoms with Gasteiger partial charge in [-0.25, -0.2) is 4.98 Å². The Hall–Kier alpha value is -2.48. The monoisotopic (exact) mass is 439 g/mol. The number of amides is 1. The van der Waals surface area contributed by atoms with E-state index in [1.165, 1.54) is 5.56 Å². The lowest BCUT2D eigenvalue weighted by Gasteiger charge is -2.27. The normalized spacial score (nSPS) is 14.6. The third-order valence-corrected chi connectivity index (χ3v) is 6.60. The first-order valence-electron chi connectivity index (χ1n) is 10.8. The van der Waals surface area contributed by atoms with E-state index in [0.717, 1.165) is 66.8 Å². The van der Waals surface area contributed by atoms with Crippen molar-refractivity contribution >= 4 is 32.6 Å². The lowest BCUT2D eigenvalue weighted by Crippen LogP contribution is -2.39. The van der Waals surface area contributed by atoms with Gasteiger partial charge >= 0.3 is 0 Å². The molecule has 7 heteroatoms. The molecule has 0 unspecified atom stereocenters. The number of carbonyl (C=O) groups excluding carboxylic acids is 1. The van der Waals surface area contributed by atoms with Crippen LogP contribution in [0, 0.1) is 0 Å². The fourth-order valence-corrected chi connectivity index (χ4v) is 4.76. The number of hydrogen-bond acceptors (Lipinski definition) is 6. The number of nitrogens with zero attached hydrogens (tertiary/aromatic N) is 3. The first-order valence-corrected chi connectivity index (χ1v) is 11.6. The summed E-state index contributed by atoms with van der Waals surface area (Å²) in [6.45, 7) is 5.14. The maximum atomic E-state index is 13.2. The summed E-state index contributed by atoms with van der Waals surface area (Å²) in [4.78, 5) is 22.3. The van der Waals surface area contributed by atoms with Crippen LogP contribution in [0.5, 0.6) is 5.75 Å². The van der Waals surface area contributed by atoms with Crippen LogP contribution in [-0.2, 0) is 16.0 Å². The zero-order chi connectivity index (χ0) is 21.5. The van der Waals surface area contributed by atoms with Crippen LogP contribution < -0.4 is 9.64 Å². The molecular formula is C24H29N3O3S. The van der Waals surface area contributed by atoms with Crippen LogP contribution in [0.2, 0.25) is 0 Å². The summed E-state index contributed by atoms with van der Waals surface area (Å²) < 4.78 is 11.8. The zero-order valence-corrected chi connectivity index (χ0v) is 18.8. The quantitative estimate of drug-likeness (QED) is 0.505. The Bertz CT molecular complexity index is 986. The third kappa shape index (κ3) is 5.81. The number of thiazole rings is 1. The summed E-state index contributed by atoms with van der Waals surface area (Å²) in [7, 11) is 1.65. The molecule has 1 aliphatic rings. The number of aromatic nitrogens is 1. The van der Waals surface area contributed by atoms with E-state index in [4.69, 9.17) is 14.5 Å². The summed E-state index contributed by atoms with van der Waals surface area (Å²) in [5, 5.41) is 0.767. The standard InChI is InChI=1S/C24H29N3O3S/c1-29-20-9-10-22-21(18-20)25-24(31-22)27(13-5-12-26-14-16-30-17-15-26)23(28)11-8-19-6-3-2-4-7-19/h2-4,6-7,9-10,18H,5,8,11-17H2,1H3. The van der Waals surface area contributed by atoms with Gasteiger partial charge in [0.1, 0.15) is 5.75 Å². The van der Waals surface area contributed by atoms with Crippen LogP contribution in [0.3, 0.4) is 0 Å². The van der Waals surface area contributed by atoms with Crippen molar-refractivity contribution in [3.05, 3.63) is 54.1 Å². The minimum atomic E-state index is 0.122. The molecule has 3 aromatic rings. The van der Waals surface area contributed by atoms with Crippen molar-refractivity contribution in [3.8, 4) is 5.75 Å². The van der Waals surface area contributed by atoms with Gasteiger partial charge in [0.2, 0.25) is 5.91 Å². The van der Waals surface area contributed by atoms with Crippen LogP contribution in [0.1, 0.15) is 18.4 Å². The summed E-state index contributed by atoms with van der Waals surface area (Å²) in [6.07, 6.45) is 2.12. The Morgan fingerprint density at radius 3 is 2.77 bits per heavy atom. The van der Waals surface area contributed by atoms with E-state index in [9.17, 15) is 4.79 Å². The van der Waals surface area contributed by atoms with Gasteiger partial charge in [-0.2, -0.15) is 0 Å². The second-order valence-electron chi connectivity index (χ2n) is 7.67. The summed E-state index contributed by atoms with van der Waals surface area (Å²) >= 11 is 1.57. The number of morpholine rings is 1. The summed E-state index contributed by atoms with van der Waals surface area (Å²) in [6, 6.07) is 16.0. The largest absolute Gasteiger partial charge is 0.497 e. The number of anilines is 1. The molecule has 1 aromatic heterocycles. The molecular weight excluding hydrogens is 410 g/mol. The molecule has 0 atom stereocenters. The van der Waals surface area contributed by atoms with Crippen molar-refractivity contribution in [2.75, 3.05) is 51.4 Å². The van der Waals surface area contributed by atoms with Crippen molar-refractivity contribution in [2.45, 2.75) is 19.3 Å². The van der Waals surface area contributed by atoms with Gasteiger partial charge in [0, 0.05) is 38.7 Å². The molecule has 0 N–H and O–H groups in total. The number of fused-ring (bicyclic) bond motifs is 1. The highest BCUT2D eigenvalue weighted by atomic mass is 32.1. The smallest absolute Gasteiger partial charge is 0.229 e. The minimum Gasteiger partial charge on any atom is -0.497 e. The number of benzene rings is 2. The molecule has 1 saturated heterocycles. The molecule has 1 amide bonds. The average Bonchev–Trinajstić information content (AvgIpc) is 3.24. The molecule has 4 rings (SSSR count). The molecule has 0 aliphatic carbocycles. The first kappa shape index (κ1) is 21.7. The molecule has 2 aromatic carbocycles. The van der Waals surface area contributed by atoms with Crippen LogP contribution in [0.15, 0.2) is 48.5 Å². The van der Waals surface area contributed by atoms with Crippen molar-refractivity contribution < 1.29 is 14.3 Å². The molecule has 0 spiro atoms. The highest BCUT2D eigenvalue weighted by Crippen LogP contribution is 2.31. The van der Waals surface area contributed by atoms with Crippen molar-refractivity contribution in [1.82, 2.24) is 9.88 Å². The van der Waals surface area contributed by atoms with Gasteiger partial charge in [0.05, 0.1) is 30.5 Å². The summed E-state index contributed by atoms with van der Waals surface area (Å²) in [5.41, 5.74) is 2.05. The Labute approximate surface area is 187 Å². The molecule has 0 saturated carbocycles. The van der Waals surface area contributed by atoms with Gasteiger partial charge in [-0.3, -0.25) is 14.6 Å². The molecule has 164 valence electrons. The van der Waals surface area contributed by atoms with Gasteiger partial charge in [-0.05, 0) is 30.5 Å². The van der Waals surface area contributed by atoms with E-state index in [0.29, 0.717) is 13.0 Å². The van der Waals surface area contributed by atoms with Crippen LogP contribution >= 0.6 is 11.3 Å².